The Morgan fingerprint density at radius 3 is 2.14 bits per heavy atom. The topological polar surface area (TPSA) is 75.4 Å². The number of halogens is 2. The summed E-state index contributed by atoms with van der Waals surface area (Å²) in [5.41, 5.74) is 0.717. The third kappa shape index (κ3) is 3.76. The van der Waals surface area contributed by atoms with Gasteiger partial charge in [0, 0.05) is 6.54 Å². The van der Waals surface area contributed by atoms with Crippen LogP contribution < -0.4 is 5.32 Å². The Kier molecular flexibility index (Phi) is 5.00. The highest BCUT2D eigenvalue weighted by atomic mass is 19.1. The number of aliphatic hydroxyl groups is 1. The van der Waals surface area contributed by atoms with Gasteiger partial charge >= 0.3 is 0 Å². The van der Waals surface area contributed by atoms with Gasteiger partial charge < -0.3 is 10.4 Å². The second-order valence-electron chi connectivity index (χ2n) is 4.69. The number of hydrogen-bond acceptors (Lipinski definition) is 4. The number of nitrogens with zero attached hydrogens (tertiary/aromatic N) is 1. The molecule has 0 spiro atoms. The molecule has 0 aliphatic carbocycles. The van der Waals surface area contributed by atoms with Gasteiger partial charge in [-0.05, 0) is 17.5 Å². The number of non-ortho nitro benzene ring substituents is 1. The molecule has 2 N–H and O–H groups in total. The van der Waals surface area contributed by atoms with Gasteiger partial charge in [0.1, 0.15) is 5.69 Å². The third-order valence-electron chi connectivity index (χ3n) is 3.16. The molecule has 2 rings (SSSR count). The van der Waals surface area contributed by atoms with Gasteiger partial charge in [0.15, 0.2) is 11.6 Å². The average molecular weight is 308 g/mol. The Morgan fingerprint density at radius 2 is 1.64 bits per heavy atom. The van der Waals surface area contributed by atoms with Crippen LogP contribution in [0.1, 0.15) is 11.1 Å². The molecule has 5 nitrogen and oxygen atoms in total. The maximum absolute atomic E-state index is 13.7. The van der Waals surface area contributed by atoms with Crippen LogP contribution in [0.3, 0.4) is 0 Å². The van der Waals surface area contributed by atoms with Gasteiger partial charge in [-0.15, -0.1) is 0 Å². The molecule has 0 aliphatic rings. The predicted octanol–water partition coefficient (Wildman–Crippen LogP) is 3.02. The normalized spacial score (nSPS) is 10.5. The summed E-state index contributed by atoms with van der Waals surface area (Å²) in [7, 11) is 0. The standard InChI is InChI=1S/C15H14F2N2O3/c16-13-7-12(19(21)22)8-14(17)15(13)18-6-5-10-1-3-11(9-20)4-2-10/h1-4,7-8,18,20H,5-6,9H2. The lowest BCUT2D eigenvalue weighted by Crippen LogP contribution is -2.08. The largest absolute Gasteiger partial charge is 0.392 e. The van der Waals surface area contributed by atoms with Gasteiger partial charge in [0.2, 0.25) is 0 Å². The average Bonchev–Trinajstić information content (AvgIpc) is 2.50. The fourth-order valence-corrected chi connectivity index (χ4v) is 1.98. The van der Waals surface area contributed by atoms with E-state index in [-0.39, 0.29) is 18.8 Å². The molecule has 0 atom stereocenters. The van der Waals surface area contributed by atoms with Crippen molar-refractivity contribution in [3.05, 3.63) is 69.3 Å². The number of hydrogen-bond donors (Lipinski definition) is 2. The summed E-state index contributed by atoms with van der Waals surface area (Å²) in [6, 6.07) is 8.53. The van der Waals surface area contributed by atoms with E-state index < -0.39 is 22.2 Å². The van der Waals surface area contributed by atoms with Crippen LogP contribution in [0.5, 0.6) is 0 Å². The lowest BCUT2D eigenvalue weighted by atomic mass is 10.1. The molecule has 0 fully saturated rings. The first kappa shape index (κ1) is 15.8. The van der Waals surface area contributed by atoms with Crippen molar-refractivity contribution in [2.75, 3.05) is 11.9 Å². The number of rotatable bonds is 6. The first-order valence-corrected chi connectivity index (χ1v) is 6.57. The molecule has 0 amide bonds. The van der Waals surface area contributed by atoms with E-state index in [0.29, 0.717) is 18.6 Å². The maximum atomic E-state index is 13.7. The van der Waals surface area contributed by atoms with E-state index in [1.807, 2.05) is 12.1 Å². The molecular weight excluding hydrogens is 294 g/mol. The molecule has 0 saturated carbocycles. The number of benzene rings is 2. The van der Waals surface area contributed by atoms with Crippen LogP contribution >= 0.6 is 0 Å². The summed E-state index contributed by atoms with van der Waals surface area (Å²) in [5.74, 6) is -2.00. The molecule has 0 aromatic heterocycles. The smallest absolute Gasteiger partial charge is 0.275 e. The lowest BCUT2D eigenvalue weighted by Gasteiger charge is -2.09. The molecule has 2 aromatic rings. The molecule has 0 aliphatic heterocycles. The van der Waals surface area contributed by atoms with E-state index >= 15 is 0 Å². The van der Waals surface area contributed by atoms with E-state index in [9.17, 15) is 18.9 Å². The molecule has 22 heavy (non-hydrogen) atoms. The lowest BCUT2D eigenvalue weighted by molar-refractivity contribution is -0.385. The van der Waals surface area contributed by atoms with Crippen molar-refractivity contribution >= 4 is 11.4 Å². The second-order valence-corrected chi connectivity index (χ2v) is 4.69. The molecule has 0 radical (unpaired) electrons. The summed E-state index contributed by atoms with van der Waals surface area (Å²) in [6.45, 7) is 0.224. The summed E-state index contributed by atoms with van der Waals surface area (Å²) < 4.78 is 27.3. The zero-order valence-corrected chi connectivity index (χ0v) is 11.6. The highest BCUT2D eigenvalue weighted by Crippen LogP contribution is 2.24. The minimum absolute atomic E-state index is 0.0439. The molecule has 2 aromatic carbocycles. The van der Waals surface area contributed by atoms with Crippen molar-refractivity contribution in [2.45, 2.75) is 13.0 Å². The fraction of sp³-hybridized carbons (Fsp3) is 0.200. The van der Waals surface area contributed by atoms with Gasteiger partial charge in [-0.3, -0.25) is 10.1 Å². The van der Waals surface area contributed by atoms with E-state index in [1.165, 1.54) is 0 Å². The van der Waals surface area contributed by atoms with Crippen LogP contribution in [0.15, 0.2) is 36.4 Å². The Bertz CT molecular complexity index is 652. The highest BCUT2D eigenvalue weighted by Gasteiger charge is 2.16. The summed E-state index contributed by atoms with van der Waals surface area (Å²) >= 11 is 0. The zero-order chi connectivity index (χ0) is 16.1. The van der Waals surface area contributed by atoms with Crippen LogP contribution in [0, 0.1) is 21.7 Å². The minimum Gasteiger partial charge on any atom is -0.392 e. The second kappa shape index (κ2) is 6.95. The van der Waals surface area contributed by atoms with Crippen LogP contribution in [0.25, 0.3) is 0 Å². The van der Waals surface area contributed by atoms with Crippen LogP contribution in [-0.4, -0.2) is 16.6 Å². The molecule has 116 valence electrons. The van der Waals surface area contributed by atoms with Gasteiger partial charge in [-0.2, -0.15) is 0 Å². The molecule has 0 unspecified atom stereocenters. The van der Waals surface area contributed by atoms with E-state index in [1.54, 1.807) is 12.1 Å². The number of anilines is 1. The van der Waals surface area contributed by atoms with Gasteiger partial charge in [-0.25, -0.2) is 8.78 Å². The van der Waals surface area contributed by atoms with Crippen molar-refractivity contribution in [1.29, 1.82) is 0 Å². The van der Waals surface area contributed by atoms with E-state index in [0.717, 1.165) is 11.1 Å². The Labute approximate surface area is 125 Å². The van der Waals surface area contributed by atoms with Gasteiger partial charge in [0.25, 0.3) is 5.69 Å². The zero-order valence-electron chi connectivity index (χ0n) is 11.6. The molecule has 0 bridgehead atoms. The van der Waals surface area contributed by atoms with Crippen molar-refractivity contribution in [3.63, 3.8) is 0 Å². The summed E-state index contributed by atoms with van der Waals surface area (Å²) in [5, 5.41) is 22.0. The monoisotopic (exact) mass is 308 g/mol. The molecule has 7 heteroatoms. The Morgan fingerprint density at radius 1 is 1.09 bits per heavy atom. The summed E-state index contributed by atoms with van der Waals surface area (Å²) in [4.78, 5) is 9.65. The van der Waals surface area contributed by atoms with Crippen molar-refractivity contribution in [3.8, 4) is 0 Å². The number of nitro benzene ring substituents is 1. The minimum atomic E-state index is -0.998. The highest BCUT2D eigenvalue weighted by molar-refractivity contribution is 5.51. The first-order chi connectivity index (χ1) is 10.5. The fourth-order valence-electron chi connectivity index (χ4n) is 1.98. The maximum Gasteiger partial charge on any atom is 0.275 e. The van der Waals surface area contributed by atoms with Crippen molar-refractivity contribution in [1.82, 2.24) is 0 Å². The molecular formula is C15H14F2N2O3. The van der Waals surface area contributed by atoms with Crippen LogP contribution in [0.2, 0.25) is 0 Å². The van der Waals surface area contributed by atoms with Crippen molar-refractivity contribution in [2.24, 2.45) is 0 Å². The summed E-state index contributed by atoms with van der Waals surface area (Å²) in [6.07, 6.45) is 0.515. The van der Waals surface area contributed by atoms with Crippen molar-refractivity contribution < 1.29 is 18.8 Å². The Balaban J connectivity index is 2.00. The Hall–Kier alpha value is -2.54. The SMILES string of the molecule is O=[N+]([O-])c1cc(F)c(NCCc2ccc(CO)cc2)c(F)c1. The van der Waals surface area contributed by atoms with E-state index in [4.69, 9.17) is 5.11 Å². The van der Waals surface area contributed by atoms with Crippen LogP contribution in [-0.2, 0) is 13.0 Å². The predicted molar refractivity (Wildman–Crippen MR) is 77.6 cm³/mol. The van der Waals surface area contributed by atoms with Crippen LogP contribution in [0.4, 0.5) is 20.2 Å². The van der Waals surface area contributed by atoms with E-state index in [2.05, 4.69) is 5.32 Å². The van der Waals surface area contributed by atoms with Gasteiger partial charge in [0.05, 0.1) is 23.7 Å². The third-order valence-corrected chi connectivity index (χ3v) is 3.16. The molecule has 0 heterocycles. The number of nitro groups is 1. The first-order valence-electron chi connectivity index (χ1n) is 6.57. The number of aliphatic hydroxyl groups excluding tert-OH is 1. The quantitative estimate of drug-likeness (QED) is 0.635. The van der Waals surface area contributed by atoms with Gasteiger partial charge in [-0.1, -0.05) is 24.3 Å². The number of nitrogens with one attached hydrogen (secondary N) is 1. The molecule has 0 saturated heterocycles.